The lowest BCUT2D eigenvalue weighted by atomic mass is 9.73. The number of nitrogens with zero attached hydrogens (tertiary/aromatic N) is 4. The zero-order chi connectivity index (χ0) is 18.1. The van der Waals surface area contributed by atoms with Gasteiger partial charge in [-0.15, -0.1) is 0 Å². The predicted octanol–water partition coefficient (Wildman–Crippen LogP) is 2.81. The monoisotopic (exact) mass is 361 g/mol. The number of halogens is 1. The highest BCUT2D eigenvalue weighted by Gasteiger charge is 2.44. The second kappa shape index (κ2) is 7.00. The molecule has 1 saturated carbocycles. The second-order valence-electron chi connectivity index (χ2n) is 8.10. The fraction of sp³-hybridized carbons (Fsp3) is 0.737. The molecule has 7 heteroatoms. The molecule has 1 aromatic rings. The molecule has 1 aliphatic carbocycles. The summed E-state index contributed by atoms with van der Waals surface area (Å²) in [7, 11) is 1.67. The number of carbonyl (C=O) groups is 1. The van der Waals surface area contributed by atoms with E-state index in [-0.39, 0.29) is 11.2 Å². The van der Waals surface area contributed by atoms with Crippen molar-refractivity contribution in [3.8, 4) is 0 Å². The maximum Gasteiger partial charge on any atom is 0.227 e. The summed E-state index contributed by atoms with van der Waals surface area (Å²) in [4.78, 5) is 25.4. The van der Waals surface area contributed by atoms with Gasteiger partial charge in [-0.3, -0.25) is 4.79 Å². The third-order valence-corrected chi connectivity index (χ3v) is 6.37. The van der Waals surface area contributed by atoms with E-state index >= 15 is 0 Å². The van der Waals surface area contributed by atoms with Crippen LogP contribution in [0.5, 0.6) is 0 Å². The molecular formula is C19H28FN5O. The van der Waals surface area contributed by atoms with Crippen LogP contribution in [-0.4, -0.2) is 53.5 Å². The Bertz CT molecular complexity index is 678. The Kier molecular flexibility index (Phi) is 4.71. The molecule has 0 bridgehead atoms. The molecule has 0 unspecified atom stereocenters. The number of hydrogen-bond acceptors (Lipinski definition) is 5. The van der Waals surface area contributed by atoms with Gasteiger partial charge in [0.1, 0.15) is 0 Å². The Labute approximate surface area is 154 Å². The van der Waals surface area contributed by atoms with Crippen LogP contribution in [0.1, 0.15) is 51.4 Å². The van der Waals surface area contributed by atoms with Crippen molar-refractivity contribution in [1.82, 2.24) is 14.9 Å². The lowest BCUT2D eigenvalue weighted by Crippen LogP contribution is -2.56. The molecule has 1 N–H and O–H groups in total. The lowest BCUT2D eigenvalue weighted by Gasteiger charge is -2.49. The third kappa shape index (κ3) is 3.23. The van der Waals surface area contributed by atoms with Crippen LogP contribution >= 0.6 is 0 Å². The second-order valence-corrected chi connectivity index (χ2v) is 8.10. The van der Waals surface area contributed by atoms with Gasteiger partial charge in [0.05, 0.1) is 6.20 Å². The first-order valence-corrected chi connectivity index (χ1v) is 9.85. The number of aromatic nitrogens is 2. The number of nitrogens with one attached hydrogen (secondary N) is 1. The summed E-state index contributed by atoms with van der Waals surface area (Å²) < 4.78 is 13.7. The molecule has 142 valence electrons. The maximum atomic E-state index is 13.7. The van der Waals surface area contributed by atoms with Crippen LogP contribution in [-0.2, 0) is 4.79 Å². The number of carbonyl (C=O) groups excluding carboxylic acids is 1. The Morgan fingerprint density at radius 2 is 2.04 bits per heavy atom. The van der Waals surface area contributed by atoms with Crippen LogP contribution in [0.2, 0.25) is 0 Å². The van der Waals surface area contributed by atoms with Crippen molar-refractivity contribution in [3.05, 3.63) is 12.0 Å². The van der Waals surface area contributed by atoms with Crippen LogP contribution in [0, 0.1) is 11.2 Å². The fourth-order valence-electron chi connectivity index (χ4n) is 4.99. The van der Waals surface area contributed by atoms with Gasteiger partial charge < -0.3 is 15.1 Å². The molecule has 6 nitrogen and oxygen atoms in total. The van der Waals surface area contributed by atoms with Gasteiger partial charge in [0, 0.05) is 44.6 Å². The fourth-order valence-corrected chi connectivity index (χ4v) is 4.99. The molecule has 1 aromatic heterocycles. The number of piperidine rings is 2. The summed E-state index contributed by atoms with van der Waals surface area (Å²) >= 11 is 0. The first kappa shape index (κ1) is 17.5. The highest BCUT2D eigenvalue weighted by molar-refractivity contribution is 5.77. The standard InChI is InChI=1S/C19H28FN5O/c1-21-17-15(20)11-22-18(23-17)24-10-4-8-19(12-24)9-7-16(26)25(13-19)14-5-2-3-6-14/h11,14H,2-10,12-13H2,1H3,(H,21,22,23)/t19-/m0/s1. The molecule has 0 radical (unpaired) electrons. The van der Waals surface area contributed by atoms with Gasteiger partial charge in [-0.2, -0.15) is 4.98 Å². The van der Waals surface area contributed by atoms with Crippen molar-refractivity contribution < 1.29 is 9.18 Å². The zero-order valence-corrected chi connectivity index (χ0v) is 15.5. The van der Waals surface area contributed by atoms with E-state index in [0.717, 1.165) is 51.7 Å². The van der Waals surface area contributed by atoms with Crippen LogP contribution in [0.15, 0.2) is 6.20 Å². The average Bonchev–Trinajstić information content (AvgIpc) is 3.19. The summed E-state index contributed by atoms with van der Waals surface area (Å²) in [6, 6.07) is 0.438. The minimum Gasteiger partial charge on any atom is -0.371 e. The van der Waals surface area contributed by atoms with Gasteiger partial charge in [0.15, 0.2) is 11.6 Å². The van der Waals surface area contributed by atoms with E-state index in [9.17, 15) is 9.18 Å². The number of hydrogen-bond donors (Lipinski definition) is 1. The van der Waals surface area contributed by atoms with E-state index in [1.54, 1.807) is 7.05 Å². The maximum absolute atomic E-state index is 13.7. The molecule has 1 atom stereocenters. The van der Waals surface area contributed by atoms with E-state index in [0.29, 0.717) is 24.3 Å². The summed E-state index contributed by atoms with van der Waals surface area (Å²) in [5, 5.41) is 2.79. The first-order valence-electron chi connectivity index (χ1n) is 9.85. The average molecular weight is 361 g/mol. The minimum absolute atomic E-state index is 0.117. The number of amides is 1. The van der Waals surface area contributed by atoms with E-state index in [4.69, 9.17) is 0 Å². The number of likely N-dealkylation sites (tertiary alicyclic amines) is 1. The lowest BCUT2D eigenvalue weighted by molar-refractivity contribution is -0.140. The van der Waals surface area contributed by atoms with Crippen molar-refractivity contribution in [2.45, 2.75) is 57.4 Å². The Balaban J connectivity index is 1.53. The van der Waals surface area contributed by atoms with Crippen molar-refractivity contribution >= 4 is 17.7 Å². The van der Waals surface area contributed by atoms with Crippen LogP contribution in [0.3, 0.4) is 0 Å². The van der Waals surface area contributed by atoms with Gasteiger partial charge >= 0.3 is 0 Å². The van der Waals surface area contributed by atoms with E-state index in [2.05, 4.69) is 25.1 Å². The molecule has 3 heterocycles. The summed E-state index contributed by atoms with van der Waals surface area (Å²) in [5.41, 5.74) is 0.117. The van der Waals surface area contributed by atoms with Crippen LogP contribution in [0.4, 0.5) is 16.2 Å². The first-order chi connectivity index (χ1) is 12.6. The number of anilines is 2. The van der Waals surface area contributed by atoms with Gasteiger partial charge in [-0.1, -0.05) is 12.8 Å². The van der Waals surface area contributed by atoms with Crippen molar-refractivity contribution in [1.29, 1.82) is 0 Å². The Morgan fingerprint density at radius 3 is 2.81 bits per heavy atom. The van der Waals surface area contributed by atoms with Gasteiger partial charge in [-0.25, -0.2) is 9.37 Å². The van der Waals surface area contributed by atoms with E-state index in [1.165, 1.54) is 19.0 Å². The van der Waals surface area contributed by atoms with E-state index in [1.807, 2.05) is 0 Å². The van der Waals surface area contributed by atoms with Gasteiger partial charge in [-0.05, 0) is 32.1 Å². The molecular weight excluding hydrogens is 333 g/mol. The molecule has 2 saturated heterocycles. The van der Waals surface area contributed by atoms with Crippen LogP contribution in [0.25, 0.3) is 0 Å². The molecule has 0 aromatic carbocycles. The molecule has 3 fully saturated rings. The summed E-state index contributed by atoms with van der Waals surface area (Å²) in [6.45, 7) is 2.58. The van der Waals surface area contributed by atoms with Crippen molar-refractivity contribution in [3.63, 3.8) is 0 Å². The smallest absolute Gasteiger partial charge is 0.227 e. The minimum atomic E-state index is -0.432. The molecule has 3 aliphatic rings. The number of rotatable bonds is 3. The molecule has 1 spiro atoms. The molecule has 26 heavy (non-hydrogen) atoms. The topological polar surface area (TPSA) is 61.4 Å². The SMILES string of the molecule is CNc1nc(N2CCC[C@]3(CCC(=O)N(C4CCCC4)C3)C2)ncc1F. The quantitative estimate of drug-likeness (QED) is 0.897. The summed E-state index contributed by atoms with van der Waals surface area (Å²) in [6.07, 6.45) is 9.80. The van der Waals surface area contributed by atoms with Crippen molar-refractivity contribution in [2.24, 2.45) is 5.41 Å². The zero-order valence-electron chi connectivity index (χ0n) is 15.5. The summed E-state index contributed by atoms with van der Waals surface area (Å²) in [5.74, 6) is 0.717. The predicted molar refractivity (Wildman–Crippen MR) is 98.6 cm³/mol. The van der Waals surface area contributed by atoms with Gasteiger partial charge in [0.25, 0.3) is 0 Å². The van der Waals surface area contributed by atoms with Crippen LogP contribution < -0.4 is 10.2 Å². The Morgan fingerprint density at radius 1 is 1.23 bits per heavy atom. The Hall–Kier alpha value is -1.92. The highest BCUT2D eigenvalue weighted by Crippen LogP contribution is 2.41. The molecule has 1 amide bonds. The van der Waals surface area contributed by atoms with E-state index < -0.39 is 5.82 Å². The molecule has 2 aliphatic heterocycles. The largest absolute Gasteiger partial charge is 0.371 e. The third-order valence-electron chi connectivity index (χ3n) is 6.37. The van der Waals surface area contributed by atoms with Gasteiger partial charge in [0.2, 0.25) is 11.9 Å². The highest BCUT2D eigenvalue weighted by atomic mass is 19.1. The molecule has 4 rings (SSSR count). The normalized spacial score (nSPS) is 27.4. The van der Waals surface area contributed by atoms with Crippen molar-refractivity contribution in [2.75, 3.05) is 36.9 Å².